The number of halogens is 1. The standard InChI is InChI=1S/C15H21ClO3/c1-3-5-6-7-12(16)15-10-14(18)13(17)9-8-11(4-2)19-15/h1,5-6,8-9,11-15,17-18H,4,7,10H2,2H3/b6-5-,9-8-/t11-,12?,13?,14?,15-/m1/s1. The molecule has 106 valence electrons. The van der Waals surface area contributed by atoms with Gasteiger partial charge in [0.05, 0.1) is 29.8 Å². The summed E-state index contributed by atoms with van der Waals surface area (Å²) in [6.07, 6.45) is 11.4. The van der Waals surface area contributed by atoms with Crippen molar-refractivity contribution in [2.75, 3.05) is 0 Å². The monoisotopic (exact) mass is 284 g/mol. The van der Waals surface area contributed by atoms with Gasteiger partial charge in [-0.1, -0.05) is 31.1 Å². The molecule has 0 radical (unpaired) electrons. The highest BCUT2D eigenvalue weighted by molar-refractivity contribution is 6.21. The topological polar surface area (TPSA) is 49.7 Å². The van der Waals surface area contributed by atoms with Gasteiger partial charge in [-0.15, -0.1) is 18.0 Å². The molecule has 3 nitrogen and oxygen atoms in total. The van der Waals surface area contributed by atoms with Crippen LogP contribution in [0.2, 0.25) is 0 Å². The molecule has 0 bridgehead atoms. The van der Waals surface area contributed by atoms with Crippen LogP contribution >= 0.6 is 11.6 Å². The van der Waals surface area contributed by atoms with Crippen molar-refractivity contribution in [1.29, 1.82) is 0 Å². The van der Waals surface area contributed by atoms with E-state index in [1.165, 1.54) is 0 Å². The molecule has 0 aromatic rings. The zero-order valence-electron chi connectivity index (χ0n) is 11.1. The maximum absolute atomic E-state index is 9.84. The minimum Gasteiger partial charge on any atom is -0.390 e. The summed E-state index contributed by atoms with van der Waals surface area (Å²) in [6.45, 7) is 2.00. The fraction of sp³-hybridized carbons (Fsp3) is 0.600. The second kappa shape index (κ2) is 8.39. The summed E-state index contributed by atoms with van der Waals surface area (Å²) in [6, 6.07) is 0. The predicted molar refractivity (Wildman–Crippen MR) is 77.0 cm³/mol. The Kier molecular flexibility index (Phi) is 7.19. The van der Waals surface area contributed by atoms with E-state index >= 15 is 0 Å². The summed E-state index contributed by atoms with van der Waals surface area (Å²) < 4.78 is 5.88. The minimum absolute atomic E-state index is 0.0926. The van der Waals surface area contributed by atoms with Crippen LogP contribution in [0.3, 0.4) is 0 Å². The van der Waals surface area contributed by atoms with Crippen LogP contribution in [0.5, 0.6) is 0 Å². The quantitative estimate of drug-likeness (QED) is 0.472. The number of hydrogen-bond acceptors (Lipinski definition) is 3. The molecule has 2 N–H and O–H groups in total. The highest BCUT2D eigenvalue weighted by atomic mass is 35.5. The first-order valence-corrected chi connectivity index (χ1v) is 6.97. The van der Waals surface area contributed by atoms with E-state index in [2.05, 4.69) is 5.92 Å². The first-order valence-electron chi connectivity index (χ1n) is 6.53. The zero-order valence-corrected chi connectivity index (χ0v) is 11.8. The number of ether oxygens (including phenoxy) is 1. The number of aliphatic hydroxyl groups excluding tert-OH is 2. The molecule has 3 unspecified atom stereocenters. The lowest BCUT2D eigenvalue weighted by molar-refractivity contribution is -0.0482. The maximum Gasteiger partial charge on any atom is 0.0981 e. The Morgan fingerprint density at radius 1 is 1.53 bits per heavy atom. The van der Waals surface area contributed by atoms with Gasteiger partial charge in [0.15, 0.2) is 0 Å². The molecule has 19 heavy (non-hydrogen) atoms. The third-order valence-electron chi connectivity index (χ3n) is 3.12. The summed E-state index contributed by atoms with van der Waals surface area (Å²) in [5.74, 6) is 2.40. The minimum atomic E-state index is -0.870. The van der Waals surface area contributed by atoms with Crippen LogP contribution in [-0.4, -0.2) is 40.0 Å². The molecule has 1 heterocycles. The van der Waals surface area contributed by atoms with Crippen LogP contribution in [0.4, 0.5) is 0 Å². The maximum atomic E-state index is 9.84. The molecule has 1 rings (SSSR count). The van der Waals surface area contributed by atoms with E-state index < -0.39 is 12.2 Å². The van der Waals surface area contributed by atoms with Crippen LogP contribution in [0.25, 0.3) is 0 Å². The molecule has 4 heteroatoms. The van der Waals surface area contributed by atoms with Gasteiger partial charge in [-0.05, 0) is 18.9 Å². The van der Waals surface area contributed by atoms with Crippen LogP contribution in [0.15, 0.2) is 24.3 Å². The lowest BCUT2D eigenvalue weighted by atomic mass is 9.99. The lowest BCUT2D eigenvalue weighted by Crippen LogP contribution is -2.38. The molecule has 0 aliphatic carbocycles. The van der Waals surface area contributed by atoms with Gasteiger partial charge >= 0.3 is 0 Å². The highest BCUT2D eigenvalue weighted by Crippen LogP contribution is 2.23. The summed E-state index contributed by atoms with van der Waals surface area (Å²) in [7, 11) is 0. The second-order valence-electron chi connectivity index (χ2n) is 4.62. The molecule has 0 amide bonds. The molecule has 0 spiro atoms. The van der Waals surface area contributed by atoms with E-state index in [-0.39, 0.29) is 17.6 Å². The molecular formula is C15H21ClO3. The fourth-order valence-electron chi connectivity index (χ4n) is 1.95. The number of rotatable bonds is 4. The molecule has 0 saturated carbocycles. The molecular weight excluding hydrogens is 264 g/mol. The van der Waals surface area contributed by atoms with Gasteiger partial charge in [0.25, 0.3) is 0 Å². The van der Waals surface area contributed by atoms with Crippen molar-refractivity contribution in [2.45, 2.75) is 56.0 Å². The van der Waals surface area contributed by atoms with Crippen LogP contribution in [0, 0.1) is 12.3 Å². The molecule has 0 fully saturated rings. The molecule has 0 aromatic heterocycles. The average molecular weight is 285 g/mol. The van der Waals surface area contributed by atoms with E-state index in [9.17, 15) is 10.2 Å². The Morgan fingerprint density at radius 3 is 2.89 bits per heavy atom. The summed E-state index contributed by atoms with van der Waals surface area (Å²) in [5.41, 5.74) is 0. The number of alkyl halides is 1. The van der Waals surface area contributed by atoms with Gasteiger partial charge in [-0.25, -0.2) is 0 Å². The van der Waals surface area contributed by atoms with Gasteiger partial charge in [0.1, 0.15) is 0 Å². The normalized spacial score (nSPS) is 35.3. The van der Waals surface area contributed by atoms with E-state index in [0.29, 0.717) is 12.8 Å². The van der Waals surface area contributed by atoms with E-state index in [1.807, 2.05) is 6.92 Å². The van der Waals surface area contributed by atoms with Crippen molar-refractivity contribution in [3.05, 3.63) is 24.3 Å². The van der Waals surface area contributed by atoms with Crippen molar-refractivity contribution in [1.82, 2.24) is 0 Å². The number of aliphatic hydroxyl groups is 2. The highest BCUT2D eigenvalue weighted by Gasteiger charge is 2.29. The van der Waals surface area contributed by atoms with Crippen molar-refractivity contribution in [3.8, 4) is 12.3 Å². The van der Waals surface area contributed by atoms with E-state index in [1.54, 1.807) is 24.3 Å². The lowest BCUT2D eigenvalue weighted by Gasteiger charge is -2.30. The Morgan fingerprint density at radius 2 is 2.26 bits per heavy atom. The third-order valence-corrected chi connectivity index (χ3v) is 3.58. The Bertz CT molecular complexity index is 359. The number of allylic oxidation sites excluding steroid dienone is 2. The fourth-order valence-corrected chi connectivity index (χ4v) is 2.22. The Hall–Kier alpha value is -0.790. The molecule has 1 aliphatic heterocycles. The largest absolute Gasteiger partial charge is 0.390 e. The predicted octanol–water partition coefficient (Wildman–Crippen LogP) is 2.02. The first-order chi connectivity index (χ1) is 9.08. The molecule has 5 atom stereocenters. The van der Waals surface area contributed by atoms with Crippen molar-refractivity contribution >= 4 is 11.6 Å². The zero-order chi connectivity index (χ0) is 14.3. The van der Waals surface area contributed by atoms with Gasteiger partial charge in [0, 0.05) is 6.42 Å². The second-order valence-corrected chi connectivity index (χ2v) is 5.18. The third kappa shape index (κ3) is 5.38. The number of terminal acetylenes is 1. The van der Waals surface area contributed by atoms with E-state index in [4.69, 9.17) is 22.8 Å². The average Bonchev–Trinajstić information content (AvgIpc) is 2.39. The molecule has 1 aliphatic rings. The van der Waals surface area contributed by atoms with Gasteiger partial charge in [-0.3, -0.25) is 0 Å². The summed E-state index contributed by atoms with van der Waals surface area (Å²) in [5, 5.41) is 19.3. The molecule has 0 aromatic carbocycles. The van der Waals surface area contributed by atoms with Gasteiger partial charge in [-0.2, -0.15) is 0 Å². The Labute approximate surface area is 119 Å². The molecule has 0 saturated heterocycles. The van der Waals surface area contributed by atoms with Crippen LogP contribution in [-0.2, 0) is 4.74 Å². The summed E-state index contributed by atoms with van der Waals surface area (Å²) >= 11 is 6.29. The van der Waals surface area contributed by atoms with E-state index in [0.717, 1.165) is 6.42 Å². The smallest absolute Gasteiger partial charge is 0.0981 e. The number of hydrogen-bond donors (Lipinski definition) is 2. The van der Waals surface area contributed by atoms with Crippen LogP contribution in [0.1, 0.15) is 26.2 Å². The SMILES string of the molecule is C#C/C=C\CC(Cl)[C@H]1CC(O)C(O)/C=C\[C@@H](CC)O1. The summed E-state index contributed by atoms with van der Waals surface area (Å²) in [4.78, 5) is 0. The Balaban J connectivity index is 2.71. The van der Waals surface area contributed by atoms with Crippen LogP contribution < -0.4 is 0 Å². The van der Waals surface area contributed by atoms with Crippen molar-refractivity contribution in [2.24, 2.45) is 0 Å². The van der Waals surface area contributed by atoms with Gasteiger partial charge in [0.2, 0.25) is 0 Å². The van der Waals surface area contributed by atoms with Gasteiger partial charge < -0.3 is 14.9 Å². The van der Waals surface area contributed by atoms with Crippen molar-refractivity contribution < 1.29 is 14.9 Å². The van der Waals surface area contributed by atoms with Crippen molar-refractivity contribution in [3.63, 3.8) is 0 Å². The first kappa shape index (κ1) is 16.3.